The molecule has 0 aromatic heterocycles. The lowest BCUT2D eigenvalue weighted by Gasteiger charge is -2.15. The number of aryl methyl sites for hydroxylation is 2. The third-order valence-electron chi connectivity index (χ3n) is 4.36. The number of carbonyl (C=O) groups excluding carboxylic acids is 1. The molecule has 1 aromatic carbocycles. The summed E-state index contributed by atoms with van der Waals surface area (Å²) in [6, 6.07) is 2.94. The van der Waals surface area contributed by atoms with Crippen LogP contribution in [0.25, 0.3) is 0 Å². The lowest BCUT2D eigenvalue weighted by atomic mass is 9.88. The first-order valence-electron chi connectivity index (χ1n) is 6.37. The maximum Gasteiger partial charge on any atom is 0.166 e. The molecule has 0 saturated heterocycles. The second-order valence-electron chi connectivity index (χ2n) is 5.70. The van der Waals surface area contributed by atoms with Crippen LogP contribution in [0.3, 0.4) is 0 Å². The summed E-state index contributed by atoms with van der Waals surface area (Å²) in [6.45, 7) is 3.66. The molecule has 2 fully saturated rings. The fourth-order valence-corrected chi connectivity index (χ4v) is 3.43. The first-order chi connectivity index (χ1) is 8.06. The van der Waals surface area contributed by atoms with Crippen molar-refractivity contribution in [2.75, 3.05) is 0 Å². The number of rotatable bonds is 2. The summed E-state index contributed by atoms with van der Waals surface area (Å²) in [4.78, 5) is 12.4. The largest absolute Gasteiger partial charge is 0.294 e. The number of carbonyl (C=O) groups is 1. The summed E-state index contributed by atoms with van der Waals surface area (Å²) < 4.78 is 13.2. The highest BCUT2D eigenvalue weighted by Crippen LogP contribution is 2.55. The molecule has 2 aliphatic carbocycles. The molecule has 3 rings (SSSR count). The van der Waals surface area contributed by atoms with Gasteiger partial charge < -0.3 is 0 Å². The summed E-state index contributed by atoms with van der Waals surface area (Å²) in [7, 11) is 0. The average molecular weight is 232 g/mol. The van der Waals surface area contributed by atoms with Crippen molar-refractivity contribution in [1.82, 2.24) is 0 Å². The second-order valence-corrected chi connectivity index (χ2v) is 5.70. The minimum absolute atomic E-state index is 0.196. The molecular formula is C15H17FO. The highest BCUT2D eigenvalue weighted by atomic mass is 19.1. The number of Topliss-reactive ketones (excluding diaryl/α,β-unsaturated/α-hetero) is 1. The SMILES string of the molecule is Cc1cc(F)cc(C)c1C(=O)C1CC2CC2C1. The summed E-state index contributed by atoms with van der Waals surface area (Å²) in [5.74, 6) is 1.81. The van der Waals surface area contributed by atoms with Gasteiger partial charge in [0.25, 0.3) is 0 Å². The van der Waals surface area contributed by atoms with Crippen molar-refractivity contribution in [2.45, 2.75) is 33.1 Å². The maximum atomic E-state index is 13.2. The molecular weight excluding hydrogens is 215 g/mol. The summed E-state index contributed by atoms with van der Waals surface area (Å²) in [5.41, 5.74) is 2.33. The number of benzene rings is 1. The van der Waals surface area contributed by atoms with Gasteiger partial charge >= 0.3 is 0 Å². The van der Waals surface area contributed by atoms with Gasteiger partial charge in [0.05, 0.1) is 0 Å². The van der Waals surface area contributed by atoms with E-state index in [1.54, 1.807) is 0 Å². The van der Waals surface area contributed by atoms with Crippen LogP contribution in [0, 0.1) is 37.4 Å². The van der Waals surface area contributed by atoms with E-state index >= 15 is 0 Å². The van der Waals surface area contributed by atoms with E-state index in [1.807, 2.05) is 13.8 Å². The van der Waals surface area contributed by atoms with E-state index in [1.165, 1.54) is 18.6 Å². The van der Waals surface area contributed by atoms with Crippen molar-refractivity contribution in [2.24, 2.45) is 17.8 Å². The van der Waals surface area contributed by atoms with Gasteiger partial charge in [-0.25, -0.2) is 4.39 Å². The summed E-state index contributed by atoms with van der Waals surface area (Å²) in [6.07, 6.45) is 3.44. The van der Waals surface area contributed by atoms with E-state index in [0.29, 0.717) is 0 Å². The number of hydrogen-bond acceptors (Lipinski definition) is 1. The van der Waals surface area contributed by atoms with Crippen LogP contribution in [-0.4, -0.2) is 5.78 Å². The lowest BCUT2D eigenvalue weighted by Crippen LogP contribution is -2.16. The van der Waals surface area contributed by atoms with E-state index in [-0.39, 0.29) is 17.5 Å². The third kappa shape index (κ3) is 1.80. The van der Waals surface area contributed by atoms with Crippen molar-refractivity contribution in [1.29, 1.82) is 0 Å². The summed E-state index contributed by atoms with van der Waals surface area (Å²) in [5, 5.41) is 0. The lowest BCUT2D eigenvalue weighted by molar-refractivity contribution is 0.0913. The molecule has 2 unspecified atom stereocenters. The first-order valence-corrected chi connectivity index (χ1v) is 6.37. The van der Waals surface area contributed by atoms with Crippen molar-refractivity contribution in [3.8, 4) is 0 Å². The van der Waals surface area contributed by atoms with Gasteiger partial charge in [0, 0.05) is 11.5 Å². The Kier molecular flexibility index (Phi) is 2.35. The van der Waals surface area contributed by atoms with Gasteiger partial charge in [-0.05, 0) is 68.2 Å². The van der Waals surface area contributed by atoms with Crippen molar-refractivity contribution in [3.63, 3.8) is 0 Å². The zero-order valence-electron chi connectivity index (χ0n) is 10.3. The number of fused-ring (bicyclic) bond motifs is 1. The van der Waals surface area contributed by atoms with Gasteiger partial charge in [0.15, 0.2) is 5.78 Å². The van der Waals surface area contributed by atoms with Gasteiger partial charge in [0.1, 0.15) is 5.82 Å². The van der Waals surface area contributed by atoms with E-state index in [4.69, 9.17) is 0 Å². The normalized spacial score (nSPS) is 30.2. The molecule has 1 aromatic rings. The highest BCUT2D eigenvalue weighted by Gasteiger charge is 2.48. The molecule has 0 radical (unpaired) electrons. The molecule has 2 heteroatoms. The summed E-state index contributed by atoms with van der Waals surface area (Å²) >= 11 is 0. The third-order valence-corrected chi connectivity index (χ3v) is 4.36. The molecule has 0 aliphatic heterocycles. The quantitative estimate of drug-likeness (QED) is 0.711. The fraction of sp³-hybridized carbons (Fsp3) is 0.533. The molecule has 17 heavy (non-hydrogen) atoms. The Labute approximate surface area is 101 Å². The number of hydrogen-bond donors (Lipinski definition) is 0. The topological polar surface area (TPSA) is 17.1 Å². The van der Waals surface area contributed by atoms with E-state index < -0.39 is 0 Å². The molecule has 1 nitrogen and oxygen atoms in total. The Balaban J connectivity index is 1.90. The minimum Gasteiger partial charge on any atom is -0.294 e. The molecule has 2 aliphatic rings. The van der Waals surface area contributed by atoms with Gasteiger partial charge in [-0.1, -0.05) is 0 Å². The molecule has 0 heterocycles. The molecule has 0 amide bonds. The maximum absolute atomic E-state index is 13.2. The predicted octanol–water partition coefficient (Wildman–Crippen LogP) is 3.67. The zero-order chi connectivity index (χ0) is 12.2. The van der Waals surface area contributed by atoms with Crippen LogP contribution in [0.15, 0.2) is 12.1 Å². The standard InChI is InChI=1S/C15H17FO/c1-8-3-13(16)4-9(2)14(8)15(17)12-6-10-5-11(10)7-12/h3-4,10-12H,5-7H2,1-2H3. The van der Waals surface area contributed by atoms with Crippen molar-refractivity contribution in [3.05, 3.63) is 34.6 Å². The number of halogens is 1. The molecule has 0 N–H and O–H groups in total. The zero-order valence-corrected chi connectivity index (χ0v) is 10.3. The van der Waals surface area contributed by atoms with Gasteiger partial charge in [-0.3, -0.25) is 4.79 Å². The van der Waals surface area contributed by atoms with Crippen LogP contribution in [0.1, 0.15) is 40.7 Å². The number of ketones is 1. The first kappa shape index (κ1) is 10.9. The van der Waals surface area contributed by atoms with Crippen LogP contribution >= 0.6 is 0 Å². The molecule has 0 bridgehead atoms. The Morgan fingerprint density at radius 3 is 2.18 bits per heavy atom. The molecule has 90 valence electrons. The Morgan fingerprint density at radius 2 is 1.65 bits per heavy atom. The van der Waals surface area contributed by atoms with E-state index in [0.717, 1.165) is 41.4 Å². The van der Waals surface area contributed by atoms with Gasteiger partial charge in [-0.15, -0.1) is 0 Å². The van der Waals surface area contributed by atoms with E-state index in [9.17, 15) is 9.18 Å². The smallest absolute Gasteiger partial charge is 0.166 e. The van der Waals surface area contributed by atoms with Crippen LogP contribution < -0.4 is 0 Å². The minimum atomic E-state index is -0.245. The molecule has 2 saturated carbocycles. The van der Waals surface area contributed by atoms with Crippen molar-refractivity contribution < 1.29 is 9.18 Å². The van der Waals surface area contributed by atoms with Crippen LogP contribution in [-0.2, 0) is 0 Å². The second kappa shape index (κ2) is 3.66. The van der Waals surface area contributed by atoms with E-state index in [2.05, 4.69) is 0 Å². The Morgan fingerprint density at radius 1 is 1.12 bits per heavy atom. The molecule has 0 spiro atoms. The van der Waals surface area contributed by atoms with Gasteiger partial charge in [-0.2, -0.15) is 0 Å². The van der Waals surface area contributed by atoms with Crippen LogP contribution in [0.4, 0.5) is 4.39 Å². The Bertz CT molecular complexity index is 459. The average Bonchev–Trinajstić information content (AvgIpc) is 2.84. The predicted molar refractivity (Wildman–Crippen MR) is 64.5 cm³/mol. The monoisotopic (exact) mass is 232 g/mol. The fourth-order valence-electron chi connectivity index (χ4n) is 3.43. The van der Waals surface area contributed by atoms with Crippen LogP contribution in [0.5, 0.6) is 0 Å². The highest BCUT2D eigenvalue weighted by molar-refractivity contribution is 6.00. The Hall–Kier alpha value is -1.18. The van der Waals surface area contributed by atoms with Crippen LogP contribution in [0.2, 0.25) is 0 Å². The molecule has 2 atom stereocenters. The van der Waals surface area contributed by atoms with Crippen molar-refractivity contribution >= 4 is 5.78 Å². The van der Waals surface area contributed by atoms with Gasteiger partial charge in [0.2, 0.25) is 0 Å².